The Kier molecular flexibility index (Phi) is 7.85. The van der Waals surface area contributed by atoms with Crippen LogP contribution in [0, 0.1) is 5.92 Å². The maximum atomic E-state index is 12.8. The molecule has 0 aliphatic carbocycles. The van der Waals surface area contributed by atoms with E-state index in [0.29, 0.717) is 17.9 Å². The first-order chi connectivity index (χ1) is 14.6. The fraction of sp³-hybridized carbons (Fsp3) is 0.417. The molecule has 0 radical (unpaired) electrons. The molecule has 1 atom stereocenters. The first-order valence-corrected chi connectivity index (χ1v) is 10.6. The summed E-state index contributed by atoms with van der Waals surface area (Å²) in [5.74, 6) is 0.636. The SMILES string of the molecule is CCN1CCC(C(=O)NCC(NC(=O)c2ccc(OC)cc2)c2ccccc2)CC1. The Morgan fingerprint density at radius 3 is 2.33 bits per heavy atom. The van der Waals surface area contributed by atoms with Gasteiger partial charge in [0, 0.05) is 18.0 Å². The van der Waals surface area contributed by atoms with Crippen LogP contribution in [0.3, 0.4) is 0 Å². The molecule has 1 unspecified atom stereocenters. The van der Waals surface area contributed by atoms with E-state index in [0.717, 1.165) is 38.0 Å². The van der Waals surface area contributed by atoms with Crippen LogP contribution in [0.1, 0.15) is 41.7 Å². The molecule has 0 saturated carbocycles. The molecule has 1 aliphatic rings. The van der Waals surface area contributed by atoms with Crippen molar-refractivity contribution in [2.45, 2.75) is 25.8 Å². The molecule has 160 valence electrons. The zero-order valence-corrected chi connectivity index (χ0v) is 17.8. The van der Waals surface area contributed by atoms with Gasteiger partial charge in [0.05, 0.1) is 13.2 Å². The quantitative estimate of drug-likeness (QED) is 0.703. The highest BCUT2D eigenvalue weighted by molar-refractivity contribution is 5.94. The molecule has 1 aliphatic heterocycles. The van der Waals surface area contributed by atoms with E-state index in [4.69, 9.17) is 4.74 Å². The van der Waals surface area contributed by atoms with E-state index in [-0.39, 0.29) is 23.8 Å². The van der Waals surface area contributed by atoms with Crippen LogP contribution in [0.2, 0.25) is 0 Å². The van der Waals surface area contributed by atoms with Crippen molar-refractivity contribution in [2.24, 2.45) is 5.92 Å². The summed E-state index contributed by atoms with van der Waals surface area (Å²) in [7, 11) is 1.59. The van der Waals surface area contributed by atoms with E-state index >= 15 is 0 Å². The molecule has 6 nitrogen and oxygen atoms in total. The van der Waals surface area contributed by atoms with Gasteiger partial charge in [-0.1, -0.05) is 37.3 Å². The number of carbonyl (C=O) groups excluding carboxylic acids is 2. The third-order valence-corrected chi connectivity index (χ3v) is 5.75. The van der Waals surface area contributed by atoms with Gasteiger partial charge in [0.2, 0.25) is 5.91 Å². The fourth-order valence-corrected chi connectivity index (χ4v) is 3.78. The summed E-state index contributed by atoms with van der Waals surface area (Å²) in [6.45, 7) is 5.46. The van der Waals surface area contributed by atoms with Crippen LogP contribution in [0.15, 0.2) is 54.6 Å². The lowest BCUT2D eigenvalue weighted by molar-refractivity contribution is -0.126. The standard InChI is InChI=1S/C24H31N3O3/c1-3-27-15-13-20(14-16-27)23(28)25-17-22(18-7-5-4-6-8-18)26-24(29)19-9-11-21(30-2)12-10-19/h4-12,20,22H,3,13-17H2,1-2H3,(H,25,28)(H,26,29). The average molecular weight is 410 g/mol. The van der Waals surface area contributed by atoms with Gasteiger partial charge in [-0.3, -0.25) is 9.59 Å². The van der Waals surface area contributed by atoms with Crippen molar-refractivity contribution in [1.82, 2.24) is 15.5 Å². The number of carbonyl (C=O) groups is 2. The number of hydrogen-bond acceptors (Lipinski definition) is 4. The predicted molar refractivity (Wildman–Crippen MR) is 117 cm³/mol. The van der Waals surface area contributed by atoms with Crippen LogP contribution in [-0.2, 0) is 4.79 Å². The Morgan fingerprint density at radius 1 is 1.07 bits per heavy atom. The van der Waals surface area contributed by atoms with Crippen molar-refractivity contribution in [3.8, 4) is 5.75 Å². The van der Waals surface area contributed by atoms with E-state index in [9.17, 15) is 9.59 Å². The summed E-state index contributed by atoms with van der Waals surface area (Å²) in [5.41, 5.74) is 1.51. The van der Waals surface area contributed by atoms with E-state index < -0.39 is 0 Å². The number of piperidine rings is 1. The summed E-state index contributed by atoms with van der Waals surface area (Å²) in [5, 5.41) is 6.13. The highest BCUT2D eigenvalue weighted by Crippen LogP contribution is 2.19. The number of benzene rings is 2. The lowest BCUT2D eigenvalue weighted by atomic mass is 9.95. The molecule has 2 amide bonds. The number of methoxy groups -OCH3 is 1. The first kappa shape index (κ1) is 21.8. The Labute approximate surface area is 178 Å². The molecule has 2 aromatic carbocycles. The van der Waals surface area contributed by atoms with Crippen LogP contribution < -0.4 is 15.4 Å². The van der Waals surface area contributed by atoms with Crippen molar-refractivity contribution < 1.29 is 14.3 Å². The van der Waals surface area contributed by atoms with Gasteiger partial charge in [-0.05, 0) is 62.3 Å². The monoisotopic (exact) mass is 409 g/mol. The molecule has 0 spiro atoms. The minimum atomic E-state index is -0.305. The van der Waals surface area contributed by atoms with Crippen LogP contribution >= 0.6 is 0 Å². The van der Waals surface area contributed by atoms with Gasteiger partial charge < -0.3 is 20.3 Å². The molecular weight excluding hydrogens is 378 g/mol. The Balaban J connectivity index is 1.63. The summed E-state index contributed by atoms with van der Waals surface area (Å²) >= 11 is 0. The largest absolute Gasteiger partial charge is 0.497 e. The second kappa shape index (κ2) is 10.8. The molecule has 3 rings (SSSR count). The maximum Gasteiger partial charge on any atom is 0.251 e. The van der Waals surface area contributed by atoms with Crippen LogP contribution in [0.5, 0.6) is 5.75 Å². The Hall–Kier alpha value is -2.86. The Bertz CT molecular complexity index is 815. The number of likely N-dealkylation sites (tertiary alicyclic amines) is 1. The molecule has 1 heterocycles. The van der Waals surface area contributed by atoms with Crippen LogP contribution in [-0.4, -0.2) is 50.0 Å². The predicted octanol–water partition coefficient (Wildman–Crippen LogP) is 3.01. The van der Waals surface area contributed by atoms with Crippen molar-refractivity contribution in [3.63, 3.8) is 0 Å². The molecule has 0 bridgehead atoms. The topological polar surface area (TPSA) is 70.7 Å². The van der Waals surface area contributed by atoms with Gasteiger partial charge in [-0.15, -0.1) is 0 Å². The van der Waals surface area contributed by atoms with E-state index in [1.54, 1.807) is 31.4 Å². The summed E-state index contributed by atoms with van der Waals surface area (Å²) in [6.07, 6.45) is 1.77. The van der Waals surface area contributed by atoms with Crippen molar-refractivity contribution in [1.29, 1.82) is 0 Å². The average Bonchev–Trinajstić information content (AvgIpc) is 2.82. The summed E-state index contributed by atoms with van der Waals surface area (Å²) < 4.78 is 5.15. The number of ether oxygens (including phenoxy) is 1. The number of amides is 2. The maximum absolute atomic E-state index is 12.8. The Morgan fingerprint density at radius 2 is 1.73 bits per heavy atom. The van der Waals surface area contributed by atoms with E-state index in [2.05, 4.69) is 22.5 Å². The van der Waals surface area contributed by atoms with Gasteiger partial charge >= 0.3 is 0 Å². The molecule has 30 heavy (non-hydrogen) atoms. The summed E-state index contributed by atoms with van der Waals surface area (Å²) in [4.78, 5) is 27.8. The zero-order chi connectivity index (χ0) is 21.3. The minimum Gasteiger partial charge on any atom is -0.497 e. The van der Waals surface area contributed by atoms with Crippen molar-refractivity contribution in [2.75, 3.05) is 33.3 Å². The van der Waals surface area contributed by atoms with Gasteiger partial charge in [0.25, 0.3) is 5.91 Å². The highest BCUT2D eigenvalue weighted by Gasteiger charge is 2.25. The van der Waals surface area contributed by atoms with Crippen molar-refractivity contribution in [3.05, 3.63) is 65.7 Å². The number of hydrogen-bond donors (Lipinski definition) is 2. The molecule has 1 saturated heterocycles. The van der Waals surface area contributed by atoms with Gasteiger partial charge in [-0.2, -0.15) is 0 Å². The number of rotatable bonds is 8. The lowest BCUT2D eigenvalue weighted by Gasteiger charge is -2.30. The first-order valence-electron chi connectivity index (χ1n) is 10.6. The molecular formula is C24H31N3O3. The lowest BCUT2D eigenvalue weighted by Crippen LogP contribution is -2.43. The van der Waals surface area contributed by atoms with E-state index in [1.165, 1.54) is 0 Å². The number of nitrogens with one attached hydrogen (secondary N) is 2. The van der Waals surface area contributed by atoms with E-state index in [1.807, 2.05) is 30.3 Å². The molecule has 6 heteroatoms. The summed E-state index contributed by atoms with van der Waals surface area (Å²) in [6, 6.07) is 16.4. The molecule has 2 N–H and O–H groups in total. The fourth-order valence-electron chi connectivity index (χ4n) is 3.78. The normalized spacial score (nSPS) is 15.9. The molecule has 2 aromatic rings. The van der Waals surface area contributed by atoms with Gasteiger partial charge in [-0.25, -0.2) is 0 Å². The minimum absolute atomic E-state index is 0.0431. The highest BCUT2D eigenvalue weighted by atomic mass is 16.5. The third-order valence-electron chi connectivity index (χ3n) is 5.75. The van der Waals surface area contributed by atoms with Crippen molar-refractivity contribution >= 4 is 11.8 Å². The van der Waals surface area contributed by atoms with Crippen LogP contribution in [0.4, 0.5) is 0 Å². The molecule has 1 fully saturated rings. The smallest absolute Gasteiger partial charge is 0.251 e. The second-order valence-electron chi connectivity index (χ2n) is 7.62. The van der Waals surface area contributed by atoms with Gasteiger partial charge in [0.15, 0.2) is 0 Å². The second-order valence-corrected chi connectivity index (χ2v) is 7.62. The van der Waals surface area contributed by atoms with Gasteiger partial charge in [0.1, 0.15) is 5.75 Å². The molecule has 0 aromatic heterocycles. The third kappa shape index (κ3) is 5.83. The number of nitrogens with zero attached hydrogens (tertiary/aromatic N) is 1. The zero-order valence-electron chi connectivity index (χ0n) is 17.8. The van der Waals surface area contributed by atoms with Crippen LogP contribution in [0.25, 0.3) is 0 Å².